The van der Waals surface area contributed by atoms with Crippen LogP contribution in [0.2, 0.25) is 0 Å². The van der Waals surface area contributed by atoms with Gasteiger partial charge in [-0.3, -0.25) is 4.90 Å². The highest BCUT2D eigenvalue weighted by atomic mass is 35.5. The normalized spacial score (nSPS) is 16.5. The number of benzene rings is 2. The molecular formula is C27H39ClN4O. The molecule has 0 fully saturated rings. The van der Waals surface area contributed by atoms with Crippen LogP contribution in [0.4, 0.5) is 0 Å². The Morgan fingerprint density at radius 3 is 2.12 bits per heavy atom. The van der Waals surface area contributed by atoms with Crippen molar-refractivity contribution in [1.82, 2.24) is 9.91 Å². The number of nitrogens with zero attached hydrogens (tertiary/aromatic N) is 4. The van der Waals surface area contributed by atoms with Gasteiger partial charge in [0.2, 0.25) is 5.29 Å². The summed E-state index contributed by atoms with van der Waals surface area (Å²) in [6.07, 6.45) is 0. The molecule has 0 aliphatic carbocycles. The molecule has 1 heterocycles. The van der Waals surface area contributed by atoms with Crippen LogP contribution in [0.5, 0.6) is 0 Å². The zero-order valence-corrected chi connectivity index (χ0v) is 21.7. The van der Waals surface area contributed by atoms with Crippen molar-refractivity contribution in [3.63, 3.8) is 0 Å². The van der Waals surface area contributed by atoms with E-state index in [1.807, 2.05) is 29.3 Å². The van der Waals surface area contributed by atoms with Gasteiger partial charge in [-0.05, 0) is 41.2 Å². The smallest absolute Gasteiger partial charge is 0.215 e. The zero-order chi connectivity index (χ0) is 24.3. The third-order valence-corrected chi connectivity index (χ3v) is 5.59. The van der Waals surface area contributed by atoms with E-state index in [4.69, 9.17) is 21.4 Å². The van der Waals surface area contributed by atoms with Crippen LogP contribution in [0.25, 0.3) is 0 Å². The molecule has 180 valence electrons. The topological polar surface area (TPSA) is 40.4 Å². The van der Waals surface area contributed by atoms with Crippen molar-refractivity contribution < 1.29 is 4.74 Å². The molecule has 5 nitrogen and oxygen atoms in total. The summed E-state index contributed by atoms with van der Waals surface area (Å²) in [4.78, 5) is 6.75. The molecule has 2 aromatic carbocycles. The summed E-state index contributed by atoms with van der Waals surface area (Å²) in [5.74, 6) is 0.177. The first-order valence-corrected chi connectivity index (χ1v) is 12.0. The van der Waals surface area contributed by atoms with E-state index in [1.165, 1.54) is 5.56 Å². The summed E-state index contributed by atoms with van der Waals surface area (Å²) in [6, 6.07) is 20.8. The molecule has 6 heteroatoms. The van der Waals surface area contributed by atoms with Crippen LogP contribution in [0.3, 0.4) is 0 Å². The van der Waals surface area contributed by atoms with Crippen LogP contribution in [-0.2, 0) is 4.74 Å². The second-order valence-corrected chi connectivity index (χ2v) is 9.60. The molecule has 1 atom stereocenters. The van der Waals surface area contributed by atoms with Gasteiger partial charge in [-0.25, -0.2) is 10.0 Å². The maximum absolute atomic E-state index is 6.49. The molecule has 33 heavy (non-hydrogen) atoms. The van der Waals surface area contributed by atoms with Gasteiger partial charge in [0.1, 0.15) is 0 Å². The lowest BCUT2D eigenvalue weighted by Crippen LogP contribution is -2.26. The van der Waals surface area contributed by atoms with E-state index in [9.17, 15) is 0 Å². The number of rotatable bonds is 7. The van der Waals surface area contributed by atoms with Gasteiger partial charge in [0.15, 0.2) is 0 Å². The SMILES string of the molecule is CCN(CC)CN=C(Cl)N1CC(c2ccccc2)C(c2ccccc2)=N1.COCC(C)(C)C. The Morgan fingerprint density at radius 2 is 1.64 bits per heavy atom. The van der Waals surface area contributed by atoms with Crippen molar-refractivity contribution in [2.75, 3.05) is 40.0 Å². The Labute approximate surface area is 205 Å². The lowest BCUT2D eigenvalue weighted by atomic mass is 9.91. The molecule has 0 saturated carbocycles. The summed E-state index contributed by atoms with van der Waals surface area (Å²) >= 11 is 6.49. The van der Waals surface area contributed by atoms with Gasteiger partial charge in [-0.1, -0.05) is 95.3 Å². The van der Waals surface area contributed by atoms with E-state index < -0.39 is 0 Å². The largest absolute Gasteiger partial charge is 0.384 e. The van der Waals surface area contributed by atoms with Crippen molar-refractivity contribution >= 4 is 22.6 Å². The number of hydrogen-bond donors (Lipinski definition) is 0. The quantitative estimate of drug-likeness (QED) is 0.280. The summed E-state index contributed by atoms with van der Waals surface area (Å²) in [5, 5.41) is 7.09. The van der Waals surface area contributed by atoms with Crippen molar-refractivity contribution in [3.8, 4) is 0 Å². The van der Waals surface area contributed by atoms with Crippen molar-refractivity contribution in [1.29, 1.82) is 0 Å². The van der Waals surface area contributed by atoms with Gasteiger partial charge in [0, 0.05) is 13.0 Å². The predicted molar refractivity (Wildman–Crippen MR) is 141 cm³/mol. The van der Waals surface area contributed by atoms with E-state index in [2.05, 4.69) is 80.9 Å². The summed E-state index contributed by atoms with van der Waals surface area (Å²) in [7, 11) is 1.73. The second kappa shape index (κ2) is 13.5. The fraction of sp³-hybridized carbons (Fsp3) is 0.481. The van der Waals surface area contributed by atoms with Crippen LogP contribution < -0.4 is 0 Å². The number of halogens is 1. The lowest BCUT2D eigenvalue weighted by Gasteiger charge is -2.17. The van der Waals surface area contributed by atoms with E-state index in [0.29, 0.717) is 23.9 Å². The highest BCUT2D eigenvalue weighted by Gasteiger charge is 2.30. The highest BCUT2D eigenvalue weighted by molar-refractivity contribution is 6.64. The molecule has 2 aromatic rings. The van der Waals surface area contributed by atoms with Gasteiger partial charge < -0.3 is 4.74 Å². The van der Waals surface area contributed by atoms with Crippen molar-refractivity contribution in [2.24, 2.45) is 15.5 Å². The molecule has 1 aliphatic rings. The van der Waals surface area contributed by atoms with Crippen LogP contribution >= 0.6 is 11.6 Å². The number of methoxy groups -OCH3 is 1. The molecule has 1 unspecified atom stereocenters. The molecule has 0 bridgehead atoms. The number of hydrazone groups is 1. The Hall–Kier alpha value is -2.21. The monoisotopic (exact) mass is 470 g/mol. The Morgan fingerprint density at radius 1 is 1.06 bits per heavy atom. The number of hydrogen-bond acceptors (Lipinski definition) is 4. The van der Waals surface area contributed by atoms with Gasteiger partial charge in [-0.2, -0.15) is 5.10 Å². The molecule has 0 N–H and O–H groups in total. The Kier molecular flexibility index (Phi) is 11.0. The zero-order valence-electron chi connectivity index (χ0n) is 21.0. The molecule has 3 rings (SSSR count). The average Bonchev–Trinajstić information content (AvgIpc) is 3.26. The highest BCUT2D eigenvalue weighted by Crippen LogP contribution is 2.29. The third kappa shape index (κ3) is 8.92. The molecule has 0 aromatic heterocycles. The van der Waals surface area contributed by atoms with E-state index in [1.54, 1.807) is 7.11 Å². The average molecular weight is 471 g/mol. The van der Waals surface area contributed by atoms with Gasteiger partial charge in [0.05, 0.1) is 25.5 Å². The third-order valence-electron chi connectivity index (χ3n) is 5.27. The second-order valence-electron chi connectivity index (χ2n) is 9.26. The molecule has 0 amide bonds. The molecular weight excluding hydrogens is 432 g/mol. The minimum atomic E-state index is 0.177. The lowest BCUT2D eigenvalue weighted by molar-refractivity contribution is 0.116. The first-order chi connectivity index (χ1) is 15.8. The van der Waals surface area contributed by atoms with E-state index in [-0.39, 0.29) is 5.92 Å². The Balaban J connectivity index is 0.000000479. The molecule has 0 spiro atoms. The molecule has 0 saturated heterocycles. The van der Waals surface area contributed by atoms with E-state index >= 15 is 0 Å². The van der Waals surface area contributed by atoms with Gasteiger partial charge in [-0.15, -0.1) is 0 Å². The first kappa shape index (κ1) is 27.0. The standard InChI is InChI=1S/C21H25ClN4.C6H14O/c1-3-25(4-2)16-23-21(22)26-15-19(17-11-7-5-8-12-17)20(24-26)18-13-9-6-10-14-18;1-6(2,3)5-7-4/h5-14,19H,3-4,15-16H2,1-2H3;5H2,1-4H3. The maximum atomic E-state index is 6.49. The molecule has 0 radical (unpaired) electrons. The fourth-order valence-corrected chi connectivity index (χ4v) is 3.69. The number of amidine groups is 1. The van der Waals surface area contributed by atoms with Crippen molar-refractivity contribution in [3.05, 3.63) is 71.8 Å². The number of aliphatic imine (C=N–C) groups is 1. The summed E-state index contributed by atoms with van der Waals surface area (Å²) < 4.78 is 4.91. The Bertz CT molecular complexity index is 874. The first-order valence-electron chi connectivity index (χ1n) is 11.7. The van der Waals surface area contributed by atoms with Crippen LogP contribution in [0.1, 0.15) is 51.7 Å². The predicted octanol–water partition coefficient (Wildman–Crippen LogP) is 6.06. The summed E-state index contributed by atoms with van der Waals surface area (Å²) in [6.45, 7) is 14.7. The molecule has 1 aliphatic heterocycles. The number of ether oxygens (including phenoxy) is 1. The minimum Gasteiger partial charge on any atom is -0.384 e. The van der Waals surface area contributed by atoms with Gasteiger partial charge >= 0.3 is 0 Å². The summed E-state index contributed by atoms with van der Waals surface area (Å²) in [5.41, 5.74) is 3.73. The van der Waals surface area contributed by atoms with E-state index in [0.717, 1.165) is 31.0 Å². The van der Waals surface area contributed by atoms with Crippen LogP contribution in [0, 0.1) is 5.41 Å². The van der Waals surface area contributed by atoms with Crippen molar-refractivity contribution in [2.45, 2.75) is 40.5 Å². The maximum Gasteiger partial charge on any atom is 0.215 e. The van der Waals surface area contributed by atoms with Crippen LogP contribution in [-0.4, -0.2) is 60.9 Å². The van der Waals surface area contributed by atoms with Gasteiger partial charge in [0.25, 0.3) is 0 Å². The van der Waals surface area contributed by atoms with Crippen LogP contribution in [0.15, 0.2) is 70.8 Å². The minimum absolute atomic E-state index is 0.177. The fourth-order valence-electron chi connectivity index (χ4n) is 3.53.